The largest absolute Gasteiger partial charge is 0.481 e. The van der Waals surface area contributed by atoms with Gasteiger partial charge >= 0.3 is 5.97 Å². The summed E-state index contributed by atoms with van der Waals surface area (Å²) in [6, 6.07) is 0. The second kappa shape index (κ2) is 3.32. The number of carboxylic acid groups (broad SMARTS) is 1. The third-order valence-corrected chi connectivity index (χ3v) is 3.90. The first-order valence-electron chi connectivity index (χ1n) is 5.13. The molecule has 0 atom stereocenters. The van der Waals surface area contributed by atoms with Gasteiger partial charge in [0, 0.05) is 0 Å². The predicted octanol–water partition coefficient (Wildman–Crippen LogP) is 2.78. The zero-order valence-electron chi connectivity index (χ0n) is 9.00. The van der Waals surface area contributed by atoms with Gasteiger partial charge in [0.15, 0.2) is 0 Å². The molecule has 1 aliphatic carbocycles. The zero-order valence-corrected chi connectivity index (χ0v) is 9.00. The smallest absolute Gasteiger partial charge is 0.306 e. The van der Waals surface area contributed by atoms with E-state index < -0.39 is 5.97 Å². The Bertz CT molecular complexity index is 190. The van der Waals surface area contributed by atoms with Crippen LogP contribution in [0.5, 0.6) is 0 Å². The third kappa shape index (κ3) is 1.59. The molecule has 0 radical (unpaired) electrons. The Morgan fingerprint density at radius 2 is 1.62 bits per heavy atom. The van der Waals surface area contributed by atoms with Crippen molar-refractivity contribution in [2.75, 3.05) is 0 Å². The van der Waals surface area contributed by atoms with Crippen LogP contribution in [0.15, 0.2) is 0 Å². The van der Waals surface area contributed by atoms with Crippen molar-refractivity contribution in [1.29, 1.82) is 0 Å². The van der Waals surface area contributed by atoms with Gasteiger partial charge in [-0.1, -0.05) is 27.7 Å². The lowest BCUT2D eigenvalue weighted by molar-refractivity contribution is -0.155. The summed E-state index contributed by atoms with van der Waals surface area (Å²) in [7, 11) is 0. The Kier molecular flexibility index (Phi) is 2.69. The van der Waals surface area contributed by atoms with Crippen LogP contribution in [0.2, 0.25) is 0 Å². The summed E-state index contributed by atoms with van der Waals surface area (Å²) >= 11 is 0. The molecule has 13 heavy (non-hydrogen) atoms. The molecule has 76 valence electrons. The molecule has 0 aromatic heterocycles. The molecule has 0 saturated heterocycles. The lowest BCUT2D eigenvalue weighted by atomic mass is 9.52. The van der Waals surface area contributed by atoms with Crippen molar-refractivity contribution >= 4 is 5.97 Å². The van der Waals surface area contributed by atoms with Crippen LogP contribution in [0.25, 0.3) is 0 Å². The van der Waals surface area contributed by atoms with Crippen molar-refractivity contribution in [3.8, 4) is 0 Å². The molecule has 1 rings (SSSR count). The maximum Gasteiger partial charge on any atom is 0.306 e. The van der Waals surface area contributed by atoms with Crippen LogP contribution in [0, 0.1) is 23.2 Å². The van der Waals surface area contributed by atoms with Crippen LogP contribution in [0.3, 0.4) is 0 Å². The maximum absolute atomic E-state index is 10.7. The van der Waals surface area contributed by atoms with Gasteiger partial charge in [0.2, 0.25) is 0 Å². The molecule has 0 amide bonds. The maximum atomic E-state index is 10.7. The Hall–Kier alpha value is -0.530. The third-order valence-electron chi connectivity index (χ3n) is 3.90. The van der Waals surface area contributed by atoms with Crippen LogP contribution >= 0.6 is 0 Å². The molecule has 0 spiro atoms. The standard InChI is InChI=1S/C11H20O2/c1-7(2)11(8(3)4)5-9(6-11)10(12)13/h7-9H,5-6H2,1-4H3,(H,12,13). The summed E-state index contributed by atoms with van der Waals surface area (Å²) in [6.45, 7) is 8.83. The molecule has 1 N–H and O–H groups in total. The minimum atomic E-state index is -0.614. The summed E-state index contributed by atoms with van der Waals surface area (Å²) in [4.78, 5) is 10.7. The van der Waals surface area contributed by atoms with Crippen LogP contribution in [0.1, 0.15) is 40.5 Å². The average molecular weight is 184 g/mol. The first-order valence-corrected chi connectivity index (χ1v) is 5.13. The summed E-state index contributed by atoms with van der Waals surface area (Å²) < 4.78 is 0. The van der Waals surface area contributed by atoms with Gasteiger partial charge in [-0.15, -0.1) is 0 Å². The number of aliphatic carboxylic acids is 1. The number of hydrogen-bond acceptors (Lipinski definition) is 1. The minimum absolute atomic E-state index is 0.0789. The number of carbonyl (C=O) groups is 1. The first kappa shape index (κ1) is 10.6. The van der Waals surface area contributed by atoms with Gasteiger partial charge in [0.25, 0.3) is 0 Å². The number of rotatable bonds is 3. The summed E-state index contributed by atoms with van der Waals surface area (Å²) in [5.74, 6) is 0.507. The molecule has 2 nitrogen and oxygen atoms in total. The quantitative estimate of drug-likeness (QED) is 0.732. The predicted molar refractivity (Wildman–Crippen MR) is 52.5 cm³/mol. The SMILES string of the molecule is CC(C)C1(C(C)C)CC(C(=O)O)C1. The molecule has 0 aromatic carbocycles. The lowest BCUT2D eigenvalue weighted by Crippen LogP contribution is -2.48. The molecule has 2 heteroatoms. The van der Waals surface area contributed by atoms with Gasteiger partial charge in [-0.3, -0.25) is 4.79 Å². The van der Waals surface area contributed by atoms with Crippen LogP contribution in [-0.4, -0.2) is 11.1 Å². The van der Waals surface area contributed by atoms with E-state index >= 15 is 0 Å². The van der Waals surface area contributed by atoms with E-state index in [1.165, 1.54) is 0 Å². The van der Waals surface area contributed by atoms with Gasteiger partial charge in [-0.05, 0) is 30.1 Å². The molecular weight excluding hydrogens is 164 g/mol. The first-order chi connectivity index (χ1) is 5.90. The highest BCUT2D eigenvalue weighted by atomic mass is 16.4. The highest BCUT2D eigenvalue weighted by Crippen LogP contribution is 2.55. The Balaban J connectivity index is 2.63. The van der Waals surface area contributed by atoms with Gasteiger partial charge in [0.1, 0.15) is 0 Å². The second-order valence-electron chi connectivity index (χ2n) is 4.99. The second-order valence-corrected chi connectivity index (χ2v) is 4.99. The summed E-state index contributed by atoms with van der Waals surface area (Å²) in [6.07, 6.45) is 1.75. The van der Waals surface area contributed by atoms with Gasteiger partial charge < -0.3 is 5.11 Å². The van der Waals surface area contributed by atoms with Crippen molar-refractivity contribution in [3.63, 3.8) is 0 Å². The number of carboxylic acids is 1. The van der Waals surface area contributed by atoms with E-state index in [9.17, 15) is 4.79 Å². The Labute approximate surface area is 80.3 Å². The Morgan fingerprint density at radius 1 is 1.23 bits per heavy atom. The van der Waals surface area contributed by atoms with Gasteiger partial charge in [0.05, 0.1) is 5.92 Å². The molecule has 1 aliphatic rings. The van der Waals surface area contributed by atoms with Crippen molar-refractivity contribution in [2.45, 2.75) is 40.5 Å². The lowest BCUT2D eigenvalue weighted by Gasteiger charge is -2.52. The van der Waals surface area contributed by atoms with E-state index in [4.69, 9.17) is 5.11 Å². The van der Waals surface area contributed by atoms with E-state index in [2.05, 4.69) is 27.7 Å². The fourth-order valence-corrected chi connectivity index (χ4v) is 2.64. The van der Waals surface area contributed by atoms with Crippen molar-refractivity contribution in [3.05, 3.63) is 0 Å². The van der Waals surface area contributed by atoms with E-state index in [1.807, 2.05) is 0 Å². The van der Waals surface area contributed by atoms with E-state index in [0.717, 1.165) is 12.8 Å². The monoisotopic (exact) mass is 184 g/mol. The van der Waals surface area contributed by atoms with Crippen LogP contribution in [0.4, 0.5) is 0 Å². The molecule has 0 heterocycles. The molecule has 0 aromatic rings. The van der Waals surface area contributed by atoms with Crippen molar-refractivity contribution in [1.82, 2.24) is 0 Å². The van der Waals surface area contributed by atoms with E-state index in [-0.39, 0.29) is 5.92 Å². The van der Waals surface area contributed by atoms with Crippen LogP contribution < -0.4 is 0 Å². The molecule has 1 fully saturated rings. The van der Waals surface area contributed by atoms with Crippen molar-refractivity contribution < 1.29 is 9.90 Å². The zero-order chi connectivity index (χ0) is 10.2. The van der Waals surface area contributed by atoms with Gasteiger partial charge in [-0.2, -0.15) is 0 Å². The molecule has 1 saturated carbocycles. The fourth-order valence-electron chi connectivity index (χ4n) is 2.64. The normalized spacial score (nSPS) is 22.0. The molecule has 0 unspecified atom stereocenters. The van der Waals surface area contributed by atoms with Crippen molar-refractivity contribution in [2.24, 2.45) is 23.2 Å². The molecule has 0 aliphatic heterocycles. The van der Waals surface area contributed by atoms with Gasteiger partial charge in [-0.25, -0.2) is 0 Å². The minimum Gasteiger partial charge on any atom is -0.481 e. The van der Waals surface area contributed by atoms with E-state index in [0.29, 0.717) is 17.3 Å². The summed E-state index contributed by atoms with van der Waals surface area (Å²) in [5.41, 5.74) is 0.295. The van der Waals surface area contributed by atoms with Crippen LogP contribution in [-0.2, 0) is 4.79 Å². The molecular formula is C11H20O2. The summed E-state index contributed by atoms with van der Waals surface area (Å²) in [5, 5.41) is 8.83. The fraction of sp³-hybridized carbons (Fsp3) is 0.909. The molecule has 0 bridgehead atoms. The highest BCUT2D eigenvalue weighted by Gasteiger charge is 2.50. The topological polar surface area (TPSA) is 37.3 Å². The highest BCUT2D eigenvalue weighted by molar-refractivity contribution is 5.71. The number of hydrogen-bond donors (Lipinski definition) is 1. The average Bonchev–Trinajstić information content (AvgIpc) is 1.80. The Morgan fingerprint density at radius 3 is 1.85 bits per heavy atom. The van der Waals surface area contributed by atoms with E-state index in [1.54, 1.807) is 0 Å².